The van der Waals surface area contributed by atoms with Gasteiger partial charge in [-0.1, -0.05) is 18.2 Å². The lowest BCUT2D eigenvalue weighted by atomic mass is 10.2. The van der Waals surface area contributed by atoms with Crippen molar-refractivity contribution in [3.8, 4) is 0 Å². The fraction of sp³-hybridized carbons (Fsp3) is 0.600. The summed E-state index contributed by atoms with van der Waals surface area (Å²) in [5.41, 5.74) is 1.06. The highest BCUT2D eigenvalue weighted by molar-refractivity contribution is 6.53. The summed E-state index contributed by atoms with van der Waals surface area (Å²) in [4.78, 5) is 0. The van der Waals surface area contributed by atoms with Gasteiger partial charge in [-0.3, -0.25) is 4.43 Å². The Kier molecular flexibility index (Phi) is 8.70. The van der Waals surface area contributed by atoms with Crippen LogP contribution in [-0.2, 0) is 27.2 Å². The van der Waals surface area contributed by atoms with Gasteiger partial charge >= 0.3 is 9.05 Å². The molecule has 0 aliphatic carbocycles. The van der Waals surface area contributed by atoms with Crippen molar-refractivity contribution < 1.29 is 27.2 Å². The van der Waals surface area contributed by atoms with Crippen molar-refractivity contribution in [2.45, 2.75) is 18.8 Å². The molecule has 0 spiro atoms. The van der Waals surface area contributed by atoms with Crippen molar-refractivity contribution in [3.63, 3.8) is 0 Å². The average Bonchev–Trinajstić information content (AvgIpc) is 2.63. The van der Waals surface area contributed by atoms with E-state index in [1.165, 1.54) is 35.5 Å². The van der Waals surface area contributed by atoms with Gasteiger partial charge in [-0.25, -0.2) is 0 Å². The number of methoxy groups -OCH3 is 2. The van der Waals surface area contributed by atoms with Crippen molar-refractivity contribution in [3.05, 3.63) is 30.3 Å². The molecular weight excluding hydrogens is 318 g/mol. The maximum absolute atomic E-state index is 5.82. The van der Waals surface area contributed by atoms with E-state index < -0.39 is 15.0 Å². The van der Waals surface area contributed by atoms with Crippen LogP contribution in [0.5, 0.6) is 0 Å². The van der Waals surface area contributed by atoms with Gasteiger partial charge in [0.2, 0.25) is 0 Å². The molecule has 0 unspecified atom stereocenters. The average molecular weight is 345 g/mol. The monoisotopic (exact) mass is 345 g/mol. The molecule has 1 rings (SSSR count). The number of nitrogens with one attached hydrogen (secondary N) is 1. The topological polar surface area (TPSA) is 67.4 Å². The summed E-state index contributed by atoms with van der Waals surface area (Å²) in [6, 6.07) is 9.96. The molecule has 0 saturated carbocycles. The molecule has 0 radical (unpaired) electrons. The van der Waals surface area contributed by atoms with Crippen LogP contribution >= 0.6 is 0 Å². The Morgan fingerprint density at radius 2 is 1.48 bits per heavy atom. The molecule has 0 amide bonds. The van der Waals surface area contributed by atoms with Crippen LogP contribution in [0.4, 0.5) is 5.69 Å². The SMILES string of the molecule is COC(CCCNc1ccccc1)(OC)O[Si](OC)(OC)OC. The summed E-state index contributed by atoms with van der Waals surface area (Å²) >= 11 is 0. The third-order valence-electron chi connectivity index (χ3n) is 3.42. The highest BCUT2D eigenvalue weighted by atomic mass is 28.4. The van der Waals surface area contributed by atoms with Gasteiger partial charge in [-0.2, -0.15) is 0 Å². The second kappa shape index (κ2) is 9.99. The number of anilines is 1. The number of para-hydroxylation sites is 1. The zero-order valence-corrected chi connectivity index (χ0v) is 15.5. The van der Waals surface area contributed by atoms with E-state index in [1.807, 2.05) is 30.3 Å². The second-order valence-electron chi connectivity index (χ2n) is 4.70. The summed E-state index contributed by atoms with van der Waals surface area (Å²) in [6.45, 7) is 0.739. The molecule has 0 aromatic heterocycles. The first-order chi connectivity index (χ1) is 11.1. The van der Waals surface area contributed by atoms with Crippen LogP contribution in [0.1, 0.15) is 12.8 Å². The lowest BCUT2D eigenvalue weighted by molar-refractivity contribution is -0.348. The highest BCUT2D eigenvalue weighted by Gasteiger charge is 2.51. The van der Waals surface area contributed by atoms with Gasteiger partial charge in [0, 0.05) is 54.2 Å². The minimum absolute atomic E-state index is 0.477. The quantitative estimate of drug-likeness (QED) is 0.354. The van der Waals surface area contributed by atoms with Gasteiger partial charge in [0.15, 0.2) is 0 Å². The third kappa shape index (κ3) is 5.85. The van der Waals surface area contributed by atoms with E-state index in [2.05, 4.69) is 5.32 Å². The minimum Gasteiger partial charge on any atom is -0.385 e. The van der Waals surface area contributed by atoms with Crippen molar-refractivity contribution >= 4 is 14.7 Å². The van der Waals surface area contributed by atoms with E-state index in [4.69, 9.17) is 27.2 Å². The van der Waals surface area contributed by atoms with Gasteiger partial charge in [0.05, 0.1) is 0 Å². The predicted molar refractivity (Wildman–Crippen MR) is 88.8 cm³/mol. The molecule has 0 atom stereocenters. The molecule has 0 aliphatic heterocycles. The zero-order valence-electron chi connectivity index (χ0n) is 14.5. The summed E-state index contributed by atoms with van der Waals surface area (Å²) in [6.07, 6.45) is 1.23. The van der Waals surface area contributed by atoms with Crippen molar-refractivity contribution in [1.82, 2.24) is 0 Å². The first-order valence-corrected chi connectivity index (χ1v) is 8.97. The smallest absolute Gasteiger partial charge is 0.385 e. The fourth-order valence-electron chi connectivity index (χ4n) is 2.08. The Morgan fingerprint density at radius 1 is 0.913 bits per heavy atom. The molecule has 0 heterocycles. The lowest BCUT2D eigenvalue weighted by Gasteiger charge is -2.36. The maximum atomic E-state index is 5.82. The first kappa shape index (κ1) is 20.0. The maximum Gasteiger partial charge on any atom is 0.682 e. The molecule has 0 saturated heterocycles. The van der Waals surface area contributed by atoms with Gasteiger partial charge in [-0.05, 0) is 18.6 Å². The Hall–Kier alpha value is -1.00. The van der Waals surface area contributed by atoms with Crippen LogP contribution in [0.15, 0.2) is 30.3 Å². The van der Waals surface area contributed by atoms with Crippen LogP contribution in [-0.4, -0.2) is 57.1 Å². The van der Waals surface area contributed by atoms with Crippen LogP contribution in [0.3, 0.4) is 0 Å². The molecule has 7 nitrogen and oxygen atoms in total. The molecular formula is C15H27NO6Si. The van der Waals surface area contributed by atoms with E-state index in [0.717, 1.165) is 18.7 Å². The van der Waals surface area contributed by atoms with E-state index in [9.17, 15) is 0 Å². The number of ether oxygens (including phenoxy) is 2. The molecule has 1 aromatic carbocycles. The van der Waals surface area contributed by atoms with E-state index >= 15 is 0 Å². The molecule has 0 bridgehead atoms. The van der Waals surface area contributed by atoms with Gasteiger partial charge in [-0.15, -0.1) is 0 Å². The predicted octanol–water partition coefficient (Wildman–Crippen LogP) is 2.22. The third-order valence-corrected chi connectivity index (χ3v) is 5.48. The van der Waals surface area contributed by atoms with Gasteiger partial charge in [0.1, 0.15) is 0 Å². The lowest BCUT2D eigenvalue weighted by Crippen LogP contribution is -2.55. The minimum atomic E-state index is -3.29. The van der Waals surface area contributed by atoms with Crippen molar-refractivity contribution in [2.75, 3.05) is 47.4 Å². The number of hydrogen-bond donors (Lipinski definition) is 1. The number of rotatable bonds is 12. The van der Waals surface area contributed by atoms with Gasteiger partial charge in [0.25, 0.3) is 5.97 Å². The first-order valence-electron chi connectivity index (χ1n) is 7.34. The Morgan fingerprint density at radius 3 is 1.96 bits per heavy atom. The van der Waals surface area contributed by atoms with E-state index in [-0.39, 0.29) is 0 Å². The van der Waals surface area contributed by atoms with Crippen molar-refractivity contribution in [2.24, 2.45) is 0 Å². The summed E-state index contributed by atoms with van der Waals surface area (Å²) in [5, 5.41) is 3.32. The van der Waals surface area contributed by atoms with E-state index in [1.54, 1.807) is 0 Å². The van der Waals surface area contributed by atoms with Crippen LogP contribution in [0.2, 0.25) is 0 Å². The molecule has 1 aromatic rings. The molecule has 132 valence electrons. The largest absolute Gasteiger partial charge is 0.682 e. The van der Waals surface area contributed by atoms with Crippen LogP contribution in [0.25, 0.3) is 0 Å². The summed E-state index contributed by atoms with van der Waals surface area (Å²) in [7, 11) is 4.12. The summed E-state index contributed by atoms with van der Waals surface area (Å²) in [5.74, 6) is -1.29. The Labute approximate surface area is 139 Å². The zero-order chi connectivity index (χ0) is 17.2. The van der Waals surface area contributed by atoms with Crippen molar-refractivity contribution in [1.29, 1.82) is 0 Å². The number of benzene rings is 1. The van der Waals surface area contributed by atoms with E-state index in [0.29, 0.717) is 6.42 Å². The van der Waals surface area contributed by atoms with Crippen LogP contribution in [0, 0.1) is 0 Å². The van der Waals surface area contributed by atoms with Gasteiger partial charge < -0.3 is 28.1 Å². The molecule has 8 heteroatoms. The molecule has 23 heavy (non-hydrogen) atoms. The highest BCUT2D eigenvalue weighted by Crippen LogP contribution is 2.26. The molecule has 0 aliphatic rings. The molecule has 1 N–H and O–H groups in total. The second-order valence-corrected chi connectivity index (χ2v) is 7.13. The van der Waals surface area contributed by atoms with Crippen LogP contribution < -0.4 is 5.32 Å². The standard InChI is InChI=1S/C15H27NO6Si/c1-17-15(18-2,22-23(19-3,20-4)21-5)12-9-13-16-14-10-7-6-8-11-14/h6-8,10-11,16H,9,12-13H2,1-5H3. The fourth-order valence-corrected chi connectivity index (χ4v) is 3.48. The summed E-state index contributed by atoms with van der Waals surface area (Å²) < 4.78 is 32.5. The number of hydrogen-bond acceptors (Lipinski definition) is 7. The molecule has 0 fully saturated rings. The Balaban J connectivity index is 2.59. The Bertz CT molecular complexity index is 417. The normalized spacial score (nSPS) is 12.4.